The van der Waals surface area contributed by atoms with Crippen LogP contribution in [0.4, 0.5) is 5.69 Å². The number of aryl methyl sites for hydroxylation is 2. The SMILES string of the molecule is COc1ccc(N)c(C(=O)c2ccc(C)cc2C)c1. The number of hydrogen-bond acceptors (Lipinski definition) is 3. The molecule has 0 amide bonds. The zero-order chi connectivity index (χ0) is 14.0. The van der Waals surface area contributed by atoms with Gasteiger partial charge in [0.1, 0.15) is 5.75 Å². The molecule has 0 atom stereocenters. The fourth-order valence-corrected chi connectivity index (χ4v) is 2.07. The number of ketones is 1. The summed E-state index contributed by atoms with van der Waals surface area (Å²) in [5.41, 5.74) is 9.58. The van der Waals surface area contributed by atoms with Gasteiger partial charge in [-0.3, -0.25) is 4.79 Å². The first-order valence-electron chi connectivity index (χ1n) is 6.08. The summed E-state index contributed by atoms with van der Waals surface area (Å²) in [6.45, 7) is 3.93. The minimum atomic E-state index is -0.0751. The number of rotatable bonds is 3. The molecule has 2 aromatic carbocycles. The number of nitrogens with two attached hydrogens (primary N) is 1. The summed E-state index contributed by atoms with van der Waals surface area (Å²) in [4.78, 5) is 12.5. The number of nitrogen functional groups attached to an aromatic ring is 1. The first kappa shape index (κ1) is 13.1. The molecule has 3 heteroatoms. The summed E-state index contributed by atoms with van der Waals surface area (Å²) in [6.07, 6.45) is 0. The Morgan fingerprint density at radius 3 is 2.42 bits per heavy atom. The zero-order valence-corrected chi connectivity index (χ0v) is 11.4. The molecule has 0 aromatic heterocycles. The fourth-order valence-electron chi connectivity index (χ4n) is 2.07. The predicted octanol–water partition coefficient (Wildman–Crippen LogP) is 3.13. The van der Waals surface area contributed by atoms with E-state index in [2.05, 4.69) is 0 Å². The maximum absolute atomic E-state index is 12.5. The number of anilines is 1. The Balaban J connectivity index is 2.49. The van der Waals surface area contributed by atoms with Crippen LogP contribution in [0.15, 0.2) is 36.4 Å². The van der Waals surface area contributed by atoms with E-state index in [0.29, 0.717) is 22.6 Å². The highest BCUT2D eigenvalue weighted by Gasteiger charge is 2.15. The first-order valence-corrected chi connectivity index (χ1v) is 6.08. The van der Waals surface area contributed by atoms with Crippen molar-refractivity contribution >= 4 is 11.5 Å². The van der Waals surface area contributed by atoms with Crippen LogP contribution in [0.5, 0.6) is 5.75 Å². The maximum Gasteiger partial charge on any atom is 0.195 e. The van der Waals surface area contributed by atoms with Gasteiger partial charge in [0.05, 0.1) is 7.11 Å². The molecule has 3 nitrogen and oxygen atoms in total. The molecule has 0 heterocycles. The van der Waals surface area contributed by atoms with E-state index in [1.165, 1.54) is 0 Å². The number of carbonyl (C=O) groups excluding carboxylic acids is 1. The molecule has 0 saturated carbocycles. The lowest BCUT2D eigenvalue weighted by Crippen LogP contribution is -2.07. The van der Waals surface area contributed by atoms with Crippen LogP contribution in [-0.4, -0.2) is 12.9 Å². The lowest BCUT2D eigenvalue weighted by Gasteiger charge is -2.10. The van der Waals surface area contributed by atoms with Crippen molar-refractivity contribution in [3.63, 3.8) is 0 Å². The lowest BCUT2D eigenvalue weighted by molar-refractivity contribution is 0.103. The van der Waals surface area contributed by atoms with E-state index in [9.17, 15) is 4.79 Å². The minimum Gasteiger partial charge on any atom is -0.497 e. The predicted molar refractivity (Wildman–Crippen MR) is 76.8 cm³/mol. The van der Waals surface area contributed by atoms with E-state index in [0.717, 1.165) is 11.1 Å². The molecular weight excluding hydrogens is 238 g/mol. The minimum absolute atomic E-state index is 0.0751. The molecule has 0 aliphatic rings. The average Bonchev–Trinajstić information content (AvgIpc) is 2.38. The second-order valence-corrected chi connectivity index (χ2v) is 4.60. The summed E-state index contributed by atoms with van der Waals surface area (Å²) < 4.78 is 5.14. The van der Waals surface area contributed by atoms with E-state index in [-0.39, 0.29) is 5.78 Å². The molecule has 98 valence electrons. The molecule has 0 aliphatic heterocycles. The second kappa shape index (κ2) is 5.14. The number of carbonyl (C=O) groups is 1. The second-order valence-electron chi connectivity index (χ2n) is 4.60. The average molecular weight is 255 g/mol. The third-order valence-corrected chi connectivity index (χ3v) is 3.13. The van der Waals surface area contributed by atoms with Gasteiger partial charge in [-0.1, -0.05) is 23.8 Å². The Labute approximate surface area is 113 Å². The van der Waals surface area contributed by atoms with Gasteiger partial charge in [-0.25, -0.2) is 0 Å². The zero-order valence-electron chi connectivity index (χ0n) is 11.4. The van der Waals surface area contributed by atoms with Crippen LogP contribution in [-0.2, 0) is 0 Å². The van der Waals surface area contributed by atoms with Gasteiger partial charge < -0.3 is 10.5 Å². The van der Waals surface area contributed by atoms with Gasteiger partial charge in [-0.2, -0.15) is 0 Å². The molecule has 0 saturated heterocycles. The maximum atomic E-state index is 12.5. The van der Waals surface area contributed by atoms with Crippen LogP contribution in [0, 0.1) is 13.8 Å². The molecule has 2 aromatic rings. The van der Waals surface area contributed by atoms with Gasteiger partial charge in [0.2, 0.25) is 0 Å². The number of hydrogen-bond donors (Lipinski definition) is 1. The van der Waals surface area contributed by atoms with Crippen LogP contribution < -0.4 is 10.5 Å². The van der Waals surface area contributed by atoms with Crippen molar-refractivity contribution in [1.82, 2.24) is 0 Å². The van der Waals surface area contributed by atoms with E-state index in [1.54, 1.807) is 25.3 Å². The van der Waals surface area contributed by atoms with E-state index in [4.69, 9.17) is 10.5 Å². The summed E-state index contributed by atoms with van der Waals surface area (Å²) in [7, 11) is 1.57. The summed E-state index contributed by atoms with van der Waals surface area (Å²) in [5, 5.41) is 0. The summed E-state index contributed by atoms with van der Waals surface area (Å²) in [6, 6.07) is 10.9. The molecule has 2 rings (SSSR count). The van der Waals surface area contributed by atoms with Gasteiger partial charge >= 0.3 is 0 Å². The normalized spacial score (nSPS) is 10.3. The number of benzene rings is 2. The lowest BCUT2D eigenvalue weighted by atomic mass is 9.96. The van der Waals surface area contributed by atoms with Gasteiger partial charge in [0.25, 0.3) is 0 Å². The molecule has 0 spiro atoms. The van der Waals surface area contributed by atoms with Crippen molar-refractivity contribution in [3.8, 4) is 5.75 Å². The Morgan fingerprint density at radius 1 is 1.05 bits per heavy atom. The quantitative estimate of drug-likeness (QED) is 0.677. The molecule has 2 N–H and O–H groups in total. The molecule has 0 bridgehead atoms. The highest BCUT2D eigenvalue weighted by molar-refractivity contribution is 6.13. The van der Waals surface area contributed by atoms with Gasteiger partial charge in [0.15, 0.2) is 5.78 Å². The Hall–Kier alpha value is -2.29. The Morgan fingerprint density at radius 2 is 1.79 bits per heavy atom. The van der Waals surface area contributed by atoms with Crippen molar-refractivity contribution in [1.29, 1.82) is 0 Å². The number of methoxy groups -OCH3 is 1. The van der Waals surface area contributed by atoms with Crippen LogP contribution in [0.2, 0.25) is 0 Å². The standard InChI is InChI=1S/C16H17NO2/c1-10-4-6-13(11(2)8-10)16(18)14-9-12(19-3)5-7-15(14)17/h4-9H,17H2,1-3H3. The molecule has 0 unspecified atom stereocenters. The number of ether oxygens (including phenoxy) is 1. The van der Waals surface area contributed by atoms with Crippen LogP contribution in [0.1, 0.15) is 27.0 Å². The third kappa shape index (κ3) is 2.60. The highest BCUT2D eigenvalue weighted by atomic mass is 16.5. The van der Waals surface area contributed by atoms with E-state index >= 15 is 0 Å². The van der Waals surface area contributed by atoms with Crippen LogP contribution in [0.25, 0.3) is 0 Å². The first-order chi connectivity index (χ1) is 9.02. The topological polar surface area (TPSA) is 52.3 Å². The Kier molecular flexibility index (Phi) is 3.56. The van der Waals surface area contributed by atoms with Crippen LogP contribution >= 0.6 is 0 Å². The smallest absolute Gasteiger partial charge is 0.195 e. The molecule has 0 fully saturated rings. The fraction of sp³-hybridized carbons (Fsp3) is 0.188. The molecule has 0 radical (unpaired) electrons. The third-order valence-electron chi connectivity index (χ3n) is 3.13. The van der Waals surface area contributed by atoms with Crippen molar-refractivity contribution in [2.75, 3.05) is 12.8 Å². The highest BCUT2D eigenvalue weighted by Crippen LogP contribution is 2.24. The molecular formula is C16H17NO2. The largest absolute Gasteiger partial charge is 0.497 e. The van der Waals surface area contributed by atoms with Crippen molar-refractivity contribution in [2.24, 2.45) is 0 Å². The monoisotopic (exact) mass is 255 g/mol. The van der Waals surface area contributed by atoms with E-state index in [1.807, 2.05) is 32.0 Å². The van der Waals surface area contributed by atoms with Crippen molar-refractivity contribution in [2.45, 2.75) is 13.8 Å². The summed E-state index contributed by atoms with van der Waals surface area (Å²) >= 11 is 0. The van der Waals surface area contributed by atoms with Crippen molar-refractivity contribution in [3.05, 3.63) is 58.7 Å². The van der Waals surface area contributed by atoms with Crippen molar-refractivity contribution < 1.29 is 9.53 Å². The Bertz CT molecular complexity index is 633. The van der Waals surface area contributed by atoms with E-state index < -0.39 is 0 Å². The molecule has 19 heavy (non-hydrogen) atoms. The van der Waals surface area contributed by atoms with Gasteiger partial charge in [-0.15, -0.1) is 0 Å². The molecule has 0 aliphatic carbocycles. The van der Waals surface area contributed by atoms with Gasteiger partial charge in [0, 0.05) is 16.8 Å². The van der Waals surface area contributed by atoms with Gasteiger partial charge in [-0.05, 0) is 37.6 Å². The summed E-state index contributed by atoms with van der Waals surface area (Å²) in [5.74, 6) is 0.552. The van der Waals surface area contributed by atoms with Crippen LogP contribution in [0.3, 0.4) is 0 Å².